The van der Waals surface area contributed by atoms with Gasteiger partial charge in [-0.1, -0.05) is 69.6 Å². The minimum atomic E-state index is -2.76. The number of carbonyl (C=O) groups excluding carboxylic acids is 2. The Hall–Kier alpha value is -4.78. The summed E-state index contributed by atoms with van der Waals surface area (Å²) in [5.74, 6) is -0.402. The van der Waals surface area contributed by atoms with E-state index in [2.05, 4.69) is 15.3 Å². The predicted octanol–water partition coefficient (Wildman–Crippen LogP) is 7.31. The number of aliphatic imine (C=N–C) groups is 1. The van der Waals surface area contributed by atoms with E-state index in [0.29, 0.717) is 56.9 Å². The molecule has 4 heterocycles. The Morgan fingerprint density at radius 3 is 2.50 bits per heavy atom. The number of aromatic amines is 1. The van der Waals surface area contributed by atoms with Crippen molar-refractivity contribution in [2.75, 3.05) is 13.2 Å². The molecule has 1 saturated heterocycles. The van der Waals surface area contributed by atoms with Crippen molar-refractivity contribution in [1.29, 1.82) is 0 Å². The molecule has 2 aromatic heterocycles. The number of aryl methyl sites for hydroxylation is 1. The minimum absolute atomic E-state index is 0.0211. The zero-order valence-corrected chi connectivity index (χ0v) is 29.4. The number of H-pyrrole nitrogens is 1. The highest BCUT2D eigenvalue weighted by molar-refractivity contribution is 6.33. The molecule has 6 rings (SSSR count). The van der Waals surface area contributed by atoms with Crippen LogP contribution in [0.5, 0.6) is 0 Å². The zero-order valence-electron chi connectivity index (χ0n) is 28.7. The third-order valence-corrected chi connectivity index (χ3v) is 9.71. The van der Waals surface area contributed by atoms with E-state index < -0.39 is 24.2 Å². The fourth-order valence-electron chi connectivity index (χ4n) is 6.70. The van der Waals surface area contributed by atoms with Gasteiger partial charge in [-0.05, 0) is 66.0 Å². The number of guanidine groups is 1. The van der Waals surface area contributed by atoms with Crippen molar-refractivity contribution in [2.45, 2.75) is 78.1 Å². The molecule has 2 amide bonds. The molecule has 3 atom stereocenters. The van der Waals surface area contributed by atoms with Crippen LogP contribution in [-0.4, -0.2) is 66.9 Å². The van der Waals surface area contributed by atoms with E-state index in [1.54, 1.807) is 47.5 Å². The van der Waals surface area contributed by atoms with Gasteiger partial charge < -0.3 is 15.4 Å². The number of ether oxygens (including phenoxy) is 1. The number of nitrogens with one attached hydrogen (secondary N) is 1. The van der Waals surface area contributed by atoms with Crippen LogP contribution in [0.4, 0.5) is 13.6 Å². The number of amides is 2. The summed E-state index contributed by atoms with van der Waals surface area (Å²) in [7, 11) is 0. The van der Waals surface area contributed by atoms with E-state index in [9.17, 15) is 18.4 Å². The van der Waals surface area contributed by atoms with E-state index in [0.717, 1.165) is 17.7 Å². The molecule has 4 aromatic rings. The smallest absolute Gasteiger partial charge is 0.410 e. The van der Waals surface area contributed by atoms with Gasteiger partial charge in [0.1, 0.15) is 6.61 Å². The highest BCUT2D eigenvalue weighted by Crippen LogP contribution is 2.45. The van der Waals surface area contributed by atoms with Crippen molar-refractivity contribution in [1.82, 2.24) is 29.8 Å². The summed E-state index contributed by atoms with van der Waals surface area (Å²) in [6.45, 7) is 7.65. The minimum Gasteiger partial charge on any atom is -0.447 e. The number of nitrogens with zero attached hydrogens (tertiary/aromatic N) is 6. The maximum atomic E-state index is 15.0. The van der Waals surface area contributed by atoms with Crippen LogP contribution in [0.15, 0.2) is 66.0 Å². The second-order valence-electron chi connectivity index (χ2n) is 14.1. The summed E-state index contributed by atoms with van der Waals surface area (Å²) in [5.41, 5.74) is 9.67. The molecule has 1 fully saturated rings. The van der Waals surface area contributed by atoms with Crippen LogP contribution in [-0.2, 0) is 21.5 Å². The van der Waals surface area contributed by atoms with Gasteiger partial charge in [0.05, 0.1) is 24.1 Å². The highest BCUT2D eigenvalue weighted by atomic mass is 35.5. The average molecular weight is 707 g/mol. The van der Waals surface area contributed by atoms with Crippen LogP contribution in [0.3, 0.4) is 0 Å². The quantitative estimate of drug-likeness (QED) is 0.178. The molecule has 0 spiro atoms. The van der Waals surface area contributed by atoms with Crippen LogP contribution in [0.25, 0.3) is 22.4 Å². The first kappa shape index (κ1) is 35.1. The first-order chi connectivity index (χ1) is 23.7. The topological polar surface area (TPSA) is 135 Å². The number of aromatic nitrogens is 4. The molecular weight excluding hydrogens is 666 g/mol. The first-order valence-electron chi connectivity index (χ1n) is 16.6. The number of nitrogens with two attached hydrogens (primary N) is 1. The molecule has 264 valence electrons. The molecule has 3 N–H and O–H groups in total. The van der Waals surface area contributed by atoms with Crippen molar-refractivity contribution < 1.29 is 23.1 Å². The van der Waals surface area contributed by atoms with E-state index in [4.69, 9.17) is 27.1 Å². The van der Waals surface area contributed by atoms with Crippen LogP contribution >= 0.6 is 11.6 Å². The lowest BCUT2D eigenvalue weighted by Crippen LogP contribution is -2.51. The SMILES string of the molecule is CCc1cn[nH]c1-c1cc([C@@H](COC(=O)N2CCC2C)N2C(=O)[C@@](CC(C)(C)C)(c3ccc(-c4cnn(C(F)F)c4)cc3)N=C2N)ccc1Cl. The van der Waals surface area contributed by atoms with Gasteiger partial charge in [-0.25, -0.2) is 14.5 Å². The third kappa shape index (κ3) is 6.58. The third-order valence-electron chi connectivity index (χ3n) is 9.38. The summed E-state index contributed by atoms with van der Waals surface area (Å²) in [6.07, 6.45) is 5.81. The van der Waals surface area contributed by atoms with E-state index in [1.807, 2.05) is 40.7 Å². The molecule has 11 nitrogen and oxygen atoms in total. The van der Waals surface area contributed by atoms with Crippen molar-refractivity contribution in [2.24, 2.45) is 16.1 Å². The van der Waals surface area contributed by atoms with Gasteiger partial charge in [0, 0.05) is 34.9 Å². The van der Waals surface area contributed by atoms with Gasteiger partial charge >= 0.3 is 12.6 Å². The molecule has 0 saturated carbocycles. The number of carbonyl (C=O) groups is 2. The van der Waals surface area contributed by atoms with Gasteiger partial charge in [0.15, 0.2) is 11.5 Å². The normalized spacial score (nSPS) is 19.9. The summed E-state index contributed by atoms with van der Waals surface area (Å²) >= 11 is 6.71. The Kier molecular flexibility index (Phi) is 9.47. The van der Waals surface area contributed by atoms with Gasteiger partial charge in [0.2, 0.25) is 0 Å². The number of alkyl halides is 2. The summed E-state index contributed by atoms with van der Waals surface area (Å²) in [6, 6.07) is 11.6. The molecule has 50 heavy (non-hydrogen) atoms. The van der Waals surface area contributed by atoms with Crippen molar-refractivity contribution in [3.63, 3.8) is 0 Å². The summed E-state index contributed by atoms with van der Waals surface area (Å²) < 4.78 is 32.8. The highest BCUT2D eigenvalue weighted by Gasteiger charge is 2.53. The van der Waals surface area contributed by atoms with E-state index in [-0.39, 0.29) is 29.9 Å². The van der Waals surface area contributed by atoms with Crippen molar-refractivity contribution in [3.8, 4) is 22.4 Å². The fourth-order valence-corrected chi connectivity index (χ4v) is 6.91. The average Bonchev–Trinajstić information content (AvgIpc) is 3.80. The second kappa shape index (κ2) is 13.5. The van der Waals surface area contributed by atoms with Crippen LogP contribution in [0, 0.1) is 5.41 Å². The number of halogens is 3. The van der Waals surface area contributed by atoms with E-state index in [1.165, 1.54) is 17.3 Å². The molecule has 2 aliphatic rings. The maximum Gasteiger partial charge on any atom is 0.410 e. The van der Waals surface area contributed by atoms with Crippen LogP contribution < -0.4 is 5.73 Å². The predicted molar refractivity (Wildman–Crippen MR) is 186 cm³/mol. The maximum absolute atomic E-state index is 15.0. The molecule has 1 unspecified atom stereocenters. The number of hydrogen-bond donors (Lipinski definition) is 2. The molecule has 14 heteroatoms. The van der Waals surface area contributed by atoms with Gasteiger partial charge in [-0.3, -0.25) is 14.8 Å². The molecule has 2 aromatic carbocycles. The number of benzene rings is 2. The Balaban J connectivity index is 1.40. The Morgan fingerprint density at radius 1 is 1.16 bits per heavy atom. The lowest BCUT2D eigenvalue weighted by molar-refractivity contribution is -0.135. The van der Waals surface area contributed by atoms with E-state index >= 15 is 0 Å². The zero-order chi connectivity index (χ0) is 36.0. The Morgan fingerprint density at radius 2 is 1.90 bits per heavy atom. The number of hydrogen-bond acceptors (Lipinski definition) is 7. The van der Waals surface area contributed by atoms with Crippen LogP contribution in [0.1, 0.15) is 76.7 Å². The molecular formula is C36H41ClF2N8O3. The first-order valence-corrected chi connectivity index (χ1v) is 17.0. The van der Waals surface area contributed by atoms with Gasteiger partial charge in [0.25, 0.3) is 5.91 Å². The molecule has 0 bridgehead atoms. The number of likely N-dealkylation sites (tertiary alicyclic amines) is 1. The van der Waals surface area contributed by atoms with Crippen LogP contribution in [0.2, 0.25) is 5.02 Å². The molecule has 2 aliphatic heterocycles. The van der Waals surface area contributed by atoms with Crippen molar-refractivity contribution >= 4 is 29.6 Å². The summed E-state index contributed by atoms with van der Waals surface area (Å²) in [4.78, 5) is 36.1. The number of rotatable bonds is 10. The monoisotopic (exact) mass is 706 g/mol. The molecule has 0 radical (unpaired) electrons. The van der Waals surface area contributed by atoms with Gasteiger partial charge in [-0.2, -0.15) is 19.0 Å². The Labute approximate surface area is 294 Å². The Bertz CT molecular complexity index is 1920. The standard InChI is InChI=1S/C36H41ClF2N8O3/c1-6-22-16-41-44-30(22)27-15-24(9-12-28(27)37)29(19-50-34(49)45-14-13-21(45)2)47-31(48)36(43-33(47)40,20-35(3,4)5)26-10-7-23(8-11-26)25-17-42-46(18-25)32(38)39/h7-12,15-18,21,29,32H,6,13-14,19-20H2,1-5H3,(H2,40,43)(H,41,44)/t21?,29-,36-/m1/s1. The largest absolute Gasteiger partial charge is 0.447 e. The van der Waals surface area contributed by atoms with Gasteiger partial charge in [-0.15, -0.1) is 0 Å². The second-order valence-corrected chi connectivity index (χ2v) is 14.5. The lowest BCUT2D eigenvalue weighted by atomic mass is 9.75. The fraction of sp³-hybridized carbons (Fsp3) is 0.417. The lowest BCUT2D eigenvalue weighted by Gasteiger charge is -2.38. The molecule has 0 aliphatic carbocycles. The van der Waals surface area contributed by atoms with Crippen molar-refractivity contribution in [3.05, 3.63) is 82.8 Å². The summed E-state index contributed by atoms with van der Waals surface area (Å²) in [5, 5.41) is 11.5.